The van der Waals surface area contributed by atoms with Crippen LogP contribution in [-0.2, 0) is 10.9 Å². The Bertz CT molecular complexity index is 562. The number of nitrogens with zero attached hydrogens (tertiary/aromatic N) is 1. The van der Waals surface area contributed by atoms with E-state index in [4.69, 9.17) is 5.26 Å². The van der Waals surface area contributed by atoms with Crippen molar-refractivity contribution in [2.24, 2.45) is 0 Å². The van der Waals surface area contributed by atoms with Gasteiger partial charge in [0.1, 0.15) is 11.6 Å². The van der Waals surface area contributed by atoms with Gasteiger partial charge in [-0.05, 0) is 12.1 Å². The molecular formula is C11H6F5NO3. The minimum absolute atomic E-state index is 0.658. The van der Waals surface area contributed by atoms with Crippen LogP contribution in [0.4, 0.5) is 22.0 Å². The van der Waals surface area contributed by atoms with Crippen LogP contribution in [-0.4, -0.2) is 19.7 Å². The Morgan fingerprint density at radius 2 is 1.95 bits per heavy atom. The number of hydrogen-bond acceptors (Lipinski definition) is 4. The summed E-state index contributed by atoms with van der Waals surface area (Å²) in [4.78, 5) is 11.3. The van der Waals surface area contributed by atoms with Gasteiger partial charge in [-0.3, -0.25) is 0 Å². The summed E-state index contributed by atoms with van der Waals surface area (Å²) in [6.07, 6.45) is -5.18. The van der Waals surface area contributed by atoms with E-state index in [1.165, 1.54) is 6.07 Å². The molecule has 0 radical (unpaired) electrons. The van der Waals surface area contributed by atoms with E-state index >= 15 is 0 Å². The van der Waals surface area contributed by atoms with E-state index in [1.54, 1.807) is 0 Å². The van der Waals surface area contributed by atoms with Crippen LogP contribution in [0.1, 0.15) is 21.5 Å². The third kappa shape index (κ3) is 3.14. The molecule has 1 aromatic carbocycles. The summed E-state index contributed by atoms with van der Waals surface area (Å²) in [6, 6.07) is 2.71. The number of nitriles is 1. The van der Waals surface area contributed by atoms with Crippen molar-refractivity contribution in [3.05, 3.63) is 28.8 Å². The highest BCUT2D eigenvalue weighted by molar-refractivity contribution is 5.92. The largest absolute Gasteiger partial charge is 0.465 e. The van der Waals surface area contributed by atoms with E-state index in [-0.39, 0.29) is 0 Å². The van der Waals surface area contributed by atoms with E-state index in [1.807, 2.05) is 0 Å². The molecule has 0 aromatic heterocycles. The van der Waals surface area contributed by atoms with Crippen molar-refractivity contribution in [2.75, 3.05) is 7.11 Å². The molecule has 20 heavy (non-hydrogen) atoms. The molecule has 0 atom stereocenters. The number of carbonyl (C=O) groups excluding carboxylic acids is 1. The van der Waals surface area contributed by atoms with E-state index in [0.717, 1.165) is 13.2 Å². The van der Waals surface area contributed by atoms with E-state index in [9.17, 15) is 26.7 Å². The average Bonchev–Trinajstić information content (AvgIpc) is 2.35. The third-order valence-electron chi connectivity index (χ3n) is 2.17. The Kier molecular flexibility index (Phi) is 4.49. The van der Waals surface area contributed by atoms with Crippen molar-refractivity contribution < 1.29 is 36.2 Å². The molecule has 0 bridgehead atoms. The molecule has 0 saturated carbocycles. The van der Waals surface area contributed by atoms with Gasteiger partial charge in [0.15, 0.2) is 5.75 Å². The van der Waals surface area contributed by atoms with Gasteiger partial charge in [0, 0.05) is 0 Å². The lowest BCUT2D eigenvalue weighted by molar-refractivity contribution is -0.142. The first-order chi connectivity index (χ1) is 9.22. The standard InChI is InChI=1S/C11H6F5NO3/c1-19-9(18)6-3-2-5(4-17)8(20-10(12)13)7(6)11(14,15)16/h2-3,10H,1H3. The molecule has 0 aliphatic heterocycles. The van der Waals surface area contributed by atoms with Crippen LogP contribution in [0.25, 0.3) is 0 Å². The van der Waals surface area contributed by atoms with Gasteiger partial charge in [-0.2, -0.15) is 27.2 Å². The van der Waals surface area contributed by atoms with Crippen LogP contribution in [0.15, 0.2) is 12.1 Å². The molecule has 0 spiro atoms. The zero-order chi connectivity index (χ0) is 15.5. The Morgan fingerprint density at radius 3 is 2.35 bits per heavy atom. The van der Waals surface area contributed by atoms with Crippen LogP contribution >= 0.6 is 0 Å². The van der Waals surface area contributed by atoms with Crippen molar-refractivity contribution in [1.82, 2.24) is 0 Å². The lowest BCUT2D eigenvalue weighted by Crippen LogP contribution is -2.18. The highest BCUT2D eigenvalue weighted by Crippen LogP contribution is 2.41. The molecule has 0 aliphatic rings. The van der Waals surface area contributed by atoms with Gasteiger partial charge in [0.2, 0.25) is 0 Å². The maximum atomic E-state index is 12.9. The van der Waals surface area contributed by atoms with Gasteiger partial charge >= 0.3 is 18.8 Å². The fourth-order valence-electron chi connectivity index (χ4n) is 1.44. The smallest absolute Gasteiger partial charge is 0.420 e. The molecule has 9 heteroatoms. The van der Waals surface area contributed by atoms with Gasteiger partial charge in [-0.15, -0.1) is 0 Å². The third-order valence-corrected chi connectivity index (χ3v) is 2.17. The summed E-state index contributed by atoms with van der Waals surface area (Å²) >= 11 is 0. The summed E-state index contributed by atoms with van der Waals surface area (Å²) in [7, 11) is 0.828. The van der Waals surface area contributed by atoms with Crippen LogP contribution in [0, 0.1) is 11.3 Å². The van der Waals surface area contributed by atoms with Crippen molar-refractivity contribution in [2.45, 2.75) is 12.8 Å². The lowest BCUT2D eigenvalue weighted by atomic mass is 10.0. The molecule has 0 fully saturated rings. The number of methoxy groups -OCH3 is 1. The number of hydrogen-bond donors (Lipinski definition) is 0. The fourth-order valence-corrected chi connectivity index (χ4v) is 1.44. The van der Waals surface area contributed by atoms with Crippen LogP contribution in [0.5, 0.6) is 5.75 Å². The molecule has 0 unspecified atom stereocenters. The Hall–Kier alpha value is -2.37. The Morgan fingerprint density at radius 1 is 1.35 bits per heavy atom. The second-order valence-electron chi connectivity index (χ2n) is 3.34. The van der Waals surface area contributed by atoms with Gasteiger partial charge in [-0.1, -0.05) is 0 Å². The highest BCUT2D eigenvalue weighted by Gasteiger charge is 2.41. The first-order valence-corrected chi connectivity index (χ1v) is 4.89. The number of carbonyl (C=O) groups is 1. The molecule has 1 aromatic rings. The molecule has 0 N–H and O–H groups in total. The molecular weight excluding hydrogens is 289 g/mol. The Labute approximate surface area is 109 Å². The maximum absolute atomic E-state index is 12.9. The number of esters is 1. The van der Waals surface area contributed by atoms with Crippen LogP contribution in [0.2, 0.25) is 0 Å². The molecule has 1 rings (SSSR count). The molecule has 4 nitrogen and oxygen atoms in total. The molecule has 0 aliphatic carbocycles. The van der Waals surface area contributed by atoms with Gasteiger partial charge in [0.25, 0.3) is 0 Å². The van der Waals surface area contributed by atoms with E-state index in [2.05, 4.69) is 9.47 Å². The summed E-state index contributed by atoms with van der Waals surface area (Å²) in [5, 5.41) is 8.65. The monoisotopic (exact) mass is 295 g/mol. The SMILES string of the molecule is COC(=O)c1ccc(C#N)c(OC(F)F)c1C(F)(F)F. The van der Waals surface area contributed by atoms with Gasteiger partial charge < -0.3 is 9.47 Å². The second-order valence-corrected chi connectivity index (χ2v) is 3.34. The summed E-state index contributed by atoms with van der Waals surface area (Å²) in [5.41, 5.74) is -3.57. The summed E-state index contributed by atoms with van der Waals surface area (Å²) in [5.74, 6) is -2.79. The van der Waals surface area contributed by atoms with Crippen LogP contribution < -0.4 is 4.74 Å². The molecule has 108 valence electrons. The Balaban J connectivity index is 3.67. The second kappa shape index (κ2) is 5.73. The van der Waals surface area contributed by atoms with E-state index in [0.29, 0.717) is 6.07 Å². The van der Waals surface area contributed by atoms with Crippen molar-refractivity contribution in [1.29, 1.82) is 5.26 Å². The van der Waals surface area contributed by atoms with Crippen molar-refractivity contribution in [3.8, 4) is 11.8 Å². The van der Waals surface area contributed by atoms with E-state index < -0.39 is 41.2 Å². The number of benzene rings is 1. The number of halogens is 5. The lowest BCUT2D eigenvalue weighted by Gasteiger charge is -2.17. The van der Waals surface area contributed by atoms with Crippen LogP contribution in [0.3, 0.4) is 0 Å². The normalized spacial score (nSPS) is 11.1. The highest BCUT2D eigenvalue weighted by atomic mass is 19.4. The minimum atomic E-state index is -5.18. The predicted molar refractivity (Wildman–Crippen MR) is 54.1 cm³/mol. The summed E-state index contributed by atoms with van der Waals surface area (Å²) in [6.45, 7) is -3.59. The topological polar surface area (TPSA) is 59.3 Å². The zero-order valence-electron chi connectivity index (χ0n) is 9.79. The average molecular weight is 295 g/mol. The number of rotatable bonds is 3. The first kappa shape index (κ1) is 15.7. The fraction of sp³-hybridized carbons (Fsp3) is 0.273. The molecule has 0 heterocycles. The maximum Gasteiger partial charge on any atom is 0.420 e. The quantitative estimate of drug-likeness (QED) is 0.635. The minimum Gasteiger partial charge on any atom is -0.465 e. The van der Waals surface area contributed by atoms with Crippen molar-refractivity contribution >= 4 is 5.97 Å². The van der Waals surface area contributed by atoms with Gasteiger partial charge in [0.05, 0.1) is 18.2 Å². The predicted octanol–water partition coefficient (Wildman–Crippen LogP) is 2.97. The van der Waals surface area contributed by atoms with Gasteiger partial charge in [-0.25, -0.2) is 4.79 Å². The molecule has 0 saturated heterocycles. The number of alkyl halides is 5. The molecule has 0 amide bonds. The first-order valence-electron chi connectivity index (χ1n) is 4.89. The number of ether oxygens (including phenoxy) is 2. The van der Waals surface area contributed by atoms with Crippen molar-refractivity contribution in [3.63, 3.8) is 0 Å². The zero-order valence-corrected chi connectivity index (χ0v) is 9.79. The summed E-state index contributed by atoms with van der Waals surface area (Å²) < 4.78 is 71.1.